The first-order valence-electron chi connectivity index (χ1n) is 9.66. The van der Waals surface area contributed by atoms with Crippen LogP contribution in [0.5, 0.6) is 11.5 Å². The highest BCUT2D eigenvalue weighted by Crippen LogP contribution is 2.42. The van der Waals surface area contributed by atoms with Crippen molar-refractivity contribution < 1.29 is 14.3 Å². The number of amides is 1. The molecule has 1 aromatic carbocycles. The molecule has 2 saturated carbocycles. The maximum absolute atomic E-state index is 13.1. The highest BCUT2D eigenvalue weighted by molar-refractivity contribution is 5.79. The zero-order valence-corrected chi connectivity index (χ0v) is 16.5. The van der Waals surface area contributed by atoms with Crippen LogP contribution in [0.2, 0.25) is 0 Å². The fourth-order valence-corrected chi connectivity index (χ4v) is 4.83. The van der Waals surface area contributed by atoms with E-state index in [0.717, 1.165) is 29.7 Å². The SMILES string of the molecule is COc1cc(C)c(CN(C)C(=O)C2CC3CCCC(C2)C3N)cc1OC. The minimum atomic E-state index is 0.121. The number of fused-ring (bicyclic) bond motifs is 2. The van der Waals surface area contributed by atoms with Gasteiger partial charge in [0.15, 0.2) is 11.5 Å². The molecule has 2 N–H and O–H groups in total. The van der Waals surface area contributed by atoms with Gasteiger partial charge in [-0.2, -0.15) is 0 Å². The van der Waals surface area contributed by atoms with Crippen molar-refractivity contribution in [1.82, 2.24) is 4.90 Å². The molecule has 2 unspecified atom stereocenters. The Morgan fingerprint density at radius 2 is 1.73 bits per heavy atom. The van der Waals surface area contributed by atoms with E-state index in [0.29, 0.717) is 30.2 Å². The van der Waals surface area contributed by atoms with Crippen molar-refractivity contribution in [3.05, 3.63) is 23.3 Å². The number of benzene rings is 1. The van der Waals surface area contributed by atoms with Crippen LogP contribution in [0.15, 0.2) is 12.1 Å². The molecule has 26 heavy (non-hydrogen) atoms. The molecule has 144 valence electrons. The summed E-state index contributed by atoms with van der Waals surface area (Å²) in [6, 6.07) is 4.24. The van der Waals surface area contributed by atoms with Crippen molar-refractivity contribution in [2.75, 3.05) is 21.3 Å². The minimum absolute atomic E-state index is 0.121. The van der Waals surface area contributed by atoms with Gasteiger partial charge in [0.05, 0.1) is 14.2 Å². The molecule has 2 atom stereocenters. The molecule has 2 aliphatic rings. The molecule has 2 bridgehead atoms. The van der Waals surface area contributed by atoms with Gasteiger partial charge in [-0.05, 0) is 67.7 Å². The topological polar surface area (TPSA) is 64.8 Å². The highest BCUT2D eigenvalue weighted by atomic mass is 16.5. The Morgan fingerprint density at radius 1 is 1.15 bits per heavy atom. The second-order valence-electron chi connectivity index (χ2n) is 8.02. The molecule has 0 aromatic heterocycles. The number of aryl methyl sites for hydroxylation is 1. The maximum Gasteiger partial charge on any atom is 0.225 e. The van der Waals surface area contributed by atoms with Crippen LogP contribution in [0.3, 0.4) is 0 Å². The molecular formula is C21H32N2O3. The Morgan fingerprint density at radius 3 is 2.31 bits per heavy atom. The van der Waals surface area contributed by atoms with Gasteiger partial charge in [0.2, 0.25) is 5.91 Å². The quantitative estimate of drug-likeness (QED) is 0.876. The van der Waals surface area contributed by atoms with Crippen molar-refractivity contribution in [2.45, 2.75) is 51.6 Å². The van der Waals surface area contributed by atoms with Gasteiger partial charge >= 0.3 is 0 Å². The normalized spacial score (nSPS) is 27.7. The standard InChI is InChI=1S/C21H32N2O3/c1-13-8-18(25-3)19(26-4)11-17(13)12-23(2)21(24)16-9-14-6-5-7-15(10-16)20(14)22/h8,11,14-16,20H,5-7,9-10,12,22H2,1-4H3. The van der Waals surface area contributed by atoms with E-state index < -0.39 is 0 Å². The van der Waals surface area contributed by atoms with E-state index in [1.54, 1.807) is 14.2 Å². The van der Waals surface area contributed by atoms with Crippen LogP contribution in [0.1, 0.15) is 43.2 Å². The fraction of sp³-hybridized carbons (Fsp3) is 0.667. The first-order valence-corrected chi connectivity index (χ1v) is 9.66. The molecule has 0 radical (unpaired) electrons. The van der Waals surface area contributed by atoms with Crippen LogP contribution in [-0.2, 0) is 11.3 Å². The van der Waals surface area contributed by atoms with Crippen LogP contribution in [0, 0.1) is 24.7 Å². The van der Waals surface area contributed by atoms with Gasteiger partial charge in [-0.15, -0.1) is 0 Å². The highest BCUT2D eigenvalue weighted by Gasteiger charge is 2.41. The van der Waals surface area contributed by atoms with E-state index in [1.807, 2.05) is 31.0 Å². The lowest BCUT2D eigenvalue weighted by Crippen LogP contribution is -2.49. The van der Waals surface area contributed by atoms with Crippen molar-refractivity contribution in [3.63, 3.8) is 0 Å². The van der Waals surface area contributed by atoms with Crippen LogP contribution in [0.25, 0.3) is 0 Å². The Balaban J connectivity index is 1.70. The molecule has 1 amide bonds. The first kappa shape index (κ1) is 19.0. The average molecular weight is 360 g/mol. The second kappa shape index (κ2) is 7.87. The molecule has 2 aliphatic carbocycles. The van der Waals surface area contributed by atoms with Crippen molar-refractivity contribution >= 4 is 5.91 Å². The zero-order valence-electron chi connectivity index (χ0n) is 16.5. The second-order valence-corrected chi connectivity index (χ2v) is 8.02. The van der Waals surface area contributed by atoms with Crippen LogP contribution < -0.4 is 15.2 Å². The number of methoxy groups -OCH3 is 2. The number of rotatable bonds is 5. The van der Waals surface area contributed by atoms with Gasteiger partial charge in [-0.1, -0.05) is 6.42 Å². The number of hydrogen-bond acceptors (Lipinski definition) is 4. The summed E-state index contributed by atoms with van der Waals surface area (Å²) in [5.41, 5.74) is 8.57. The van der Waals surface area contributed by atoms with E-state index >= 15 is 0 Å². The zero-order chi connectivity index (χ0) is 18.8. The predicted molar refractivity (Wildman–Crippen MR) is 102 cm³/mol. The largest absolute Gasteiger partial charge is 0.493 e. The summed E-state index contributed by atoms with van der Waals surface area (Å²) in [5, 5.41) is 0. The lowest BCUT2D eigenvalue weighted by atomic mass is 9.65. The Kier molecular flexibility index (Phi) is 5.76. The van der Waals surface area contributed by atoms with Crippen LogP contribution in [0.4, 0.5) is 0 Å². The minimum Gasteiger partial charge on any atom is -0.493 e. The summed E-state index contributed by atoms with van der Waals surface area (Å²) in [7, 11) is 5.18. The summed E-state index contributed by atoms with van der Waals surface area (Å²) in [4.78, 5) is 14.9. The van der Waals surface area contributed by atoms with Gasteiger partial charge < -0.3 is 20.1 Å². The summed E-state index contributed by atoms with van der Waals surface area (Å²) in [6.07, 6.45) is 5.53. The Labute approximate surface area is 156 Å². The molecule has 1 aromatic rings. The van der Waals surface area contributed by atoms with Crippen molar-refractivity contribution in [3.8, 4) is 11.5 Å². The van der Waals surface area contributed by atoms with E-state index in [9.17, 15) is 4.79 Å². The third-order valence-electron chi connectivity index (χ3n) is 6.39. The summed E-state index contributed by atoms with van der Waals surface area (Å²) in [6.45, 7) is 2.63. The van der Waals surface area contributed by atoms with Gasteiger partial charge in [0, 0.05) is 25.6 Å². The fourth-order valence-electron chi connectivity index (χ4n) is 4.83. The Hall–Kier alpha value is -1.75. The number of nitrogens with two attached hydrogens (primary N) is 1. The summed E-state index contributed by atoms with van der Waals surface area (Å²) in [5.74, 6) is 2.84. The number of nitrogens with zero attached hydrogens (tertiary/aromatic N) is 1. The predicted octanol–water partition coefficient (Wildman–Crippen LogP) is 3.12. The third kappa shape index (κ3) is 3.68. The van der Waals surface area contributed by atoms with Crippen LogP contribution in [-0.4, -0.2) is 38.1 Å². The number of carbonyl (C=O) groups is 1. The molecule has 5 nitrogen and oxygen atoms in total. The molecule has 0 aliphatic heterocycles. The van der Waals surface area contributed by atoms with E-state index in [1.165, 1.54) is 19.3 Å². The lowest BCUT2D eigenvalue weighted by molar-refractivity contribution is -0.137. The maximum atomic E-state index is 13.1. The van der Waals surface area contributed by atoms with Crippen LogP contribution >= 0.6 is 0 Å². The molecule has 0 spiro atoms. The van der Waals surface area contributed by atoms with E-state index in [2.05, 4.69) is 0 Å². The molecule has 2 fully saturated rings. The third-order valence-corrected chi connectivity index (χ3v) is 6.39. The van der Waals surface area contributed by atoms with Gasteiger partial charge in [0.25, 0.3) is 0 Å². The molecular weight excluding hydrogens is 328 g/mol. The smallest absolute Gasteiger partial charge is 0.225 e. The van der Waals surface area contributed by atoms with Crippen molar-refractivity contribution in [1.29, 1.82) is 0 Å². The van der Waals surface area contributed by atoms with Gasteiger partial charge in [-0.25, -0.2) is 0 Å². The van der Waals surface area contributed by atoms with Crippen molar-refractivity contribution in [2.24, 2.45) is 23.5 Å². The molecule has 5 heteroatoms. The van der Waals surface area contributed by atoms with Gasteiger partial charge in [-0.3, -0.25) is 4.79 Å². The van der Waals surface area contributed by atoms with Gasteiger partial charge in [0.1, 0.15) is 0 Å². The van der Waals surface area contributed by atoms with E-state index in [4.69, 9.17) is 15.2 Å². The number of ether oxygens (including phenoxy) is 2. The molecule has 3 rings (SSSR count). The summed E-state index contributed by atoms with van der Waals surface area (Å²) >= 11 is 0. The first-order chi connectivity index (χ1) is 12.4. The average Bonchev–Trinajstić information content (AvgIpc) is 2.62. The molecule has 0 saturated heterocycles. The lowest BCUT2D eigenvalue weighted by Gasteiger charge is -2.44. The number of hydrogen-bond donors (Lipinski definition) is 1. The molecule has 0 heterocycles. The monoisotopic (exact) mass is 360 g/mol. The Bertz CT molecular complexity index is 647. The number of carbonyl (C=O) groups excluding carboxylic acids is 1. The summed E-state index contributed by atoms with van der Waals surface area (Å²) < 4.78 is 10.8. The van der Waals surface area contributed by atoms with E-state index in [-0.39, 0.29) is 11.8 Å².